The Kier molecular flexibility index (Phi) is 4.66. The molecule has 30 heavy (non-hydrogen) atoms. The Morgan fingerprint density at radius 2 is 1.87 bits per heavy atom. The maximum absolute atomic E-state index is 15.0. The van der Waals surface area contributed by atoms with E-state index in [4.69, 9.17) is 0 Å². The van der Waals surface area contributed by atoms with E-state index < -0.39 is 5.82 Å². The van der Waals surface area contributed by atoms with Crippen molar-refractivity contribution in [1.29, 1.82) is 0 Å². The number of halogens is 1. The smallest absolute Gasteiger partial charge is 0.156 e. The standard InChI is InChI=1S/C22H24FN7/c1-4-29-7-5-15(6-8-29)21-25-20-17(23)10-16(11-19(20)26-27-21)18-9-13(2)22-24-14(3)12-30(22)28-18/h9-12,15H,4-8H2,1-3H3. The van der Waals surface area contributed by atoms with Gasteiger partial charge in [0.1, 0.15) is 11.0 Å². The lowest BCUT2D eigenvalue weighted by molar-refractivity contribution is 0.219. The third kappa shape index (κ3) is 3.31. The van der Waals surface area contributed by atoms with Crippen LogP contribution in [0.5, 0.6) is 0 Å². The van der Waals surface area contributed by atoms with Crippen LogP contribution in [0.4, 0.5) is 4.39 Å². The van der Waals surface area contributed by atoms with Gasteiger partial charge in [-0.1, -0.05) is 6.92 Å². The lowest BCUT2D eigenvalue weighted by Gasteiger charge is -2.29. The van der Waals surface area contributed by atoms with Gasteiger partial charge in [0.2, 0.25) is 0 Å². The van der Waals surface area contributed by atoms with E-state index in [1.54, 1.807) is 10.6 Å². The SMILES string of the molecule is CCN1CCC(c2nnc3cc(-c4cc(C)c5nc(C)cn5n4)cc(F)c3n2)CC1. The number of nitrogens with zero attached hydrogens (tertiary/aromatic N) is 7. The number of hydrogen-bond acceptors (Lipinski definition) is 6. The minimum absolute atomic E-state index is 0.236. The van der Waals surface area contributed by atoms with Crippen molar-refractivity contribution in [3.05, 3.63) is 47.3 Å². The number of hydrogen-bond donors (Lipinski definition) is 0. The number of piperidine rings is 1. The first kappa shape index (κ1) is 19.0. The first-order valence-electron chi connectivity index (χ1n) is 10.4. The largest absolute Gasteiger partial charge is 0.304 e. The molecule has 0 radical (unpaired) electrons. The van der Waals surface area contributed by atoms with Gasteiger partial charge in [-0.2, -0.15) is 5.10 Å². The Bertz CT molecular complexity index is 1240. The normalized spacial score (nSPS) is 16.0. The fourth-order valence-corrected chi connectivity index (χ4v) is 4.23. The van der Waals surface area contributed by atoms with Gasteiger partial charge in [-0.3, -0.25) is 0 Å². The van der Waals surface area contributed by atoms with Crippen molar-refractivity contribution < 1.29 is 4.39 Å². The summed E-state index contributed by atoms with van der Waals surface area (Å²) >= 11 is 0. The van der Waals surface area contributed by atoms with E-state index in [1.807, 2.05) is 26.1 Å². The molecule has 1 aliphatic rings. The topological polar surface area (TPSA) is 72.1 Å². The van der Waals surface area contributed by atoms with Crippen LogP contribution in [0.3, 0.4) is 0 Å². The molecule has 8 heteroatoms. The van der Waals surface area contributed by atoms with Crippen molar-refractivity contribution in [3.63, 3.8) is 0 Å². The van der Waals surface area contributed by atoms with E-state index in [1.165, 1.54) is 6.07 Å². The van der Waals surface area contributed by atoms with Crippen LogP contribution in [0.25, 0.3) is 27.9 Å². The van der Waals surface area contributed by atoms with Crippen molar-refractivity contribution in [2.45, 2.75) is 39.5 Å². The third-order valence-electron chi connectivity index (χ3n) is 5.96. The molecule has 3 aromatic heterocycles. The average molecular weight is 405 g/mol. The number of likely N-dealkylation sites (tertiary alicyclic amines) is 1. The highest BCUT2D eigenvalue weighted by Crippen LogP contribution is 2.29. The molecule has 4 aromatic rings. The van der Waals surface area contributed by atoms with Crippen LogP contribution in [0.1, 0.15) is 42.8 Å². The summed E-state index contributed by atoms with van der Waals surface area (Å²) in [7, 11) is 0. The summed E-state index contributed by atoms with van der Waals surface area (Å²) in [5.41, 5.74) is 4.70. The molecule has 0 atom stereocenters. The number of benzene rings is 1. The molecule has 154 valence electrons. The molecular weight excluding hydrogens is 381 g/mol. The first-order valence-corrected chi connectivity index (χ1v) is 10.4. The highest BCUT2D eigenvalue weighted by atomic mass is 19.1. The summed E-state index contributed by atoms with van der Waals surface area (Å²) in [6.45, 7) is 9.16. The molecule has 1 aromatic carbocycles. The lowest BCUT2D eigenvalue weighted by Crippen LogP contribution is -2.33. The van der Waals surface area contributed by atoms with Gasteiger partial charge in [0.05, 0.1) is 17.6 Å². The van der Waals surface area contributed by atoms with Crippen LogP contribution in [0, 0.1) is 19.7 Å². The number of fused-ring (bicyclic) bond motifs is 2. The monoisotopic (exact) mass is 405 g/mol. The highest BCUT2D eigenvalue weighted by Gasteiger charge is 2.23. The van der Waals surface area contributed by atoms with E-state index in [0.29, 0.717) is 22.6 Å². The van der Waals surface area contributed by atoms with E-state index in [2.05, 4.69) is 37.1 Å². The summed E-state index contributed by atoms with van der Waals surface area (Å²) in [4.78, 5) is 11.4. The van der Waals surface area contributed by atoms with Crippen LogP contribution in [0.2, 0.25) is 0 Å². The van der Waals surface area contributed by atoms with Gasteiger partial charge in [-0.25, -0.2) is 18.9 Å². The first-order chi connectivity index (χ1) is 14.5. The third-order valence-corrected chi connectivity index (χ3v) is 5.96. The van der Waals surface area contributed by atoms with Gasteiger partial charge in [0.15, 0.2) is 17.3 Å². The molecule has 0 amide bonds. The molecule has 7 nitrogen and oxygen atoms in total. The molecule has 4 heterocycles. The predicted molar refractivity (Wildman–Crippen MR) is 113 cm³/mol. The second-order valence-electron chi connectivity index (χ2n) is 8.07. The highest BCUT2D eigenvalue weighted by molar-refractivity contribution is 5.81. The van der Waals surface area contributed by atoms with E-state index in [-0.39, 0.29) is 11.4 Å². The fraction of sp³-hybridized carbons (Fsp3) is 0.409. The zero-order valence-corrected chi connectivity index (χ0v) is 17.4. The van der Waals surface area contributed by atoms with Crippen molar-refractivity contribution in [1.82, 2.24) is 34.7 Å². The molecule has 1 aliphatic heterocycles. The molecule has 1 saturated heterocycles. The van der Waals surface area contributed by atoms with Gasteiger partial charge in [-0.05, 0) is 70.1 Å². The van der Waals surface area contributed by atoms with Gasteiger partial charge >= 0.3 is 0 Å². The number of aryl methyl sites for hydroxylation is 2. The Morgan fingerprint density at radius 3 is 2.63 bits per heavy atom. The van der Waals surface area contributed by atoms with Crippen LogP contribution in [-0.4, -0.2) is 54.3 Å². The fourth-order valence-electron chi connectivity index (χ4n) is 4.23. The molecule has 0 aliphatic carbocycles. The van der Waals surface area contributed by atoms with Gasteiger partial charge in [-0.15, -0.1) is 10.2 Å². The summed E-state index contributed by atoms with van der Waals surface area (Å²) in [6, 6.07) is 5.20. The van der Waals surface area contributed by atoms with Crippen molar-refractivity contribution in [3.8, 4) is 11.3 Å². The molecule has 5 rings (SSSR count). The number of rotatable bonds is 3. The molecule has 0 bridgehead atoms. The number of imidazole rings is 1. The Hall–Kier alpha value is -3.00. The van der Waals surface area contributed by atoms with Crippen LogP contribution < -0.4 is 0 Å². The summed E-state index contributed by atoms with van der Waals surface area (Å²) in [5, 5.41) is 13.3. The molecule has 0 spiro atoms. The van der Waals surface area contributed by atoms with Crippen molar-refractivity contribution >= 4 is 16.7 Å². The molecule has 1 fully saturated rings. The Labute approximate surface area is 174 Å². The van der Waals surface area contributed by atoms with Crippen molar-refractivity contribution in [2.24, 2.45) is 0 Å². The zero-order chi connectivity index (χ0) is 20.8. The molecule has 0 N–H and O–H groups in total. The second-order valence-corrected chi connectivity index (χ2v) is 8.07. The molecule has 0 saturated carbocycles. The van der Waals surface area contributed by atoms with E-state index >= 15 is 4.39 Å². The lowest BCUT2D eigenvalue weighted by atomic mass is 9.96. The van der Waals surface area contributed by atoms with Gasteiger partial charge < -0.3 is 4.90 Å². The summed E-state index contributed by atoms with van der Waals surface area (Å²) in [5.74, 6) is 0.486. The van der Waals surface area contributed by atoms with Gasteiger partial charge in [0, 0.05) is 11.5 Å². The van der Waals surface area contributed by atoms with E-state index in [0.717, 1.165) is 49.4 Å². The van der Waals surface area contributed by atoms with Crippen LogP contribution >= 0.6 is 0 Å². The van der Waals surface area contributed by atoms with Crippen molar-refractivity contribution in [2.75, 3.05) is 19.6 Å². The Balaban J connectivity index is 1.52. The Morgan fingerprint density at radius 1 is 1.07 bits per heavy atom. The quantitative estimate of drug-likeness (QED) is 0.518. The zero-order valence-electron chi connectivity index (χ0n) is 17.4. The van der Waals surface area contributed by atoms with Crippen LogP contribution in [-0.2, 0) is 0 Å². The van der Waals surface area contributed by atoms with Crippen LogP contribution in [0.15, 0.2) is 24.4 Å². The molecule has 0 unspecified atom stereocenters. The second kappa shape index (κ2) is 7.36. The summed E-state index contributed by atoms with van der Waals surface area (Å²) in [6.07, 6.45) is 3.82. The predicted octanol–water partition coefficient (Wildman–Crippen LogP) is 3.69. The maximum atomic E-state index is 15.0. The number of aromatic nitrogens is 6. The minimum atomic E-state index is -0.397. The van der Waals surface area contributed by atoms with Gasteiger partial charge in [0.25, 0.3) is 0 Å². The summed E-state index contributed by atoms with van der Waals surface area (Å²) < 4.78 is 16.8. The molecular formula is C22H24FN7. The van der Waals surface area contributed by atoms with E-state index in [9.17, 15) is 0 Å². The minimum Gasteiger partial charge on any atom is -0.304 e. The average Bonchev–Trinajstić information content (AvgIpc) is 3.14. The maximum Gasteiger partial charge on any atom is 0.156 e.